The van der Waals surface area contributed by atoms with Crippen LogP contribution in [-0.4, -0.2) is 37.7 Å². The van der Waals surface area contributed by atoms with Crippen LogP contribution < -0.4 is 0 Å². The Morgan fingerprint density at radius 1 is 1.15 bits per heavy atom. The Balaban J connectivity index is 2.10. The van der Waals surface area contributed by atoms with Crippen molar-refractivity contribution >= 4 is 0 Å². The van der Waals surface area contributed by atoms with Gasteiger partial charge in [0.25, 0.3) is 0 Å². The minimum Gasteiger partial charge on any atom is -0.379 e. The number of rotatable bonds is 4. The van der Waals surface area contributed by atoms with Crippen molar-refractivity contribution in [1.82, 2.24) is 4.90 Å². The molecule has 0 saturated carbocycles. The molecule has 13 heavy (non-hydrogen) atoms. The van der Waals surface area contributed by atoms with Gasteiger partial charge in [0.05, 0.1) is 13.2 Å². The summed E-state index contributed by atoms with van der Waals surface area (Å²) < 4.78 is 5.31. The van der Waals surface area contributed by atoms with E-state index in [4.69, 9.17) is 4.74 Å². The van der Waals surface area contributed by atoms with Gasteiger partial charge in [-0.25, -0.2) is 0 Å². The molecule has 0 unspecified atom stereocenters. The largest absolute Gasteiger partial charge is 0.379 e. The molecule has 0 aromatic heterocycles. The highest BCUT2D eigenvalue weighted by Crippen LogP contribution is 2.14. The van der Waals surface area contributed by atoms with Gasteiger partial charge in [-0.15, -0.1) is 0 Å². The lowest BCUT2D eigenvalue weighted by molar-refractivity contribution is 0.0348. The maximum Gasteiger partial charge on any atom is 0.0594 e. The number of ether oxygens (including phenoxy) is 1. The van der Waals surface area contributed by atoms with Crippen molar-refractivity contribution in [3.05, 3.63) is 0 Å². The van der Waals surface area contributed by atoms with E-state index in [1.807, 2.05) is 0 Å². The average molecular weight is 185 g/mol. The van der Waals surface area contributed by atoms with Crippen molar-refractivity contribution in [2.45, 2.75) is 27.2 Å². The van der Waals surface area contributed by atoms with Gasteiger partial charge in [0.2, 0.25) is 0 Å². The zero-order valence-corrected chi connectivity index (χ0v) is 9.25. The van der Waals surface area contributed by atoms with Crippen LogP contribution in [0.15, 0.2) is 0 Å². The molecule has 0 N–H and O–H groups in total. The van der Waals surface area contributed by atoms with Gasteiger partial charge >= 0.3 is 0 Å². The molecule has 78 valence electrons. The van der Waals surface area contributed by atoms with E-state index >= 15 is 0 Å². The fourth-order valence-corrected chi connectivity index (χ4v) is 1.54. The second kappa shape index (κ2) is 5.61. The van der Waals surface area contributed by atoms with Crippen LogP contribution in [-0.2, 0) is 4.74 Å². The monoisotopic (exact) mass is 185 g/mol. The van der Waals surface area contributed by atoms with E-state index in [0.29, 0.717) is 0 Å². The molecule has 1 atom stereocenters. The van der Waals surface area contributed by atoms with Crippen molar-refractivity contribution in [3.8, 4) is 0 Å². The highest BCUT2D eigenvalue weighted by atomic mass is 16.5. The molecule has 1 saturated heterocycles. The van der Waals surface area contributed by atoms with Crippen LogP contribution in [0.1, 0.15) is 27.2 Å². The van der Waals surface area contributed by atoms with Gasteiger partial charge in [-0.3, -0.25) is 4.90 Å². The topological polar surface area (TPSA) is 12.5 Å². The van der Waals surface area contributed by atoms with Crippen molar-refractivity contribution in [3.63, 3.8) is 0 Å². The maximum atomic E-state index is 5.31. The second-order valence-corrected chi connectivity index (χ2v) is 4.46. The summed E-state index contributed by atoms with van der Waals surface area (Å²) in [6.45, 7) is 12.3. The lowest BCUT2D eigenvalue weighted by atomic mass is 9.94. The molecule has 1 aliphatic heterocycles. The lowest BCUT2D eigenvalue weighted by Crippen LogP contribution is -2.37. The minimum absolute atomic E-state index is 0.820. The van der Waals surface area contributed by atoms with Crippen LogP contribution in [0.4, 0.5) is 0 Å². The molecule has 1 aliphatic rings. The van der Waals surface area contributed by atoms with E-state index < -0.39 is 0 Å². The van der Waals surface area contributed by atoms with Crippen LogP contribution in [0.2, 0.25) is 0 Å². The number of hydrogen-bond donors (Lipinski definition) is 0. The zero-order valence-electron chi connectivity index (χ0n) is 9.25. The smallest absolute Gasteiger partial charge is 0.0594 e. The molecule has 0 amide bonds. The first-order valence-corrected chi connectivity index (χ1v) is 5.50. The third kappa shape index (κ3) is 4.10. The molecule has 0 radical (unpaired) electrons. The number of hydrogen-bond acceptors (Lipinski definition) is 2. The predicted octanol–water partition coefficient (Wildman–Crippen LogP) is 2.00. The summed E-state index contributed by atoms with van der Waals surface area (Å²) in [4.78, 5) is 2.52. The van der Waals surface area contributed by atoms with E-state index in [-0.39, 0.29) is 0 Å². The Morgan fingerprint density at radius 2 is 1.77 bits per heavy atom. The van der Waals surface area contributed by atoms with E-state index in [1.165, 1.54) is 13.0 Å². The van der Waals surface area contributed by atoms with Crippen molar-refractivity contribution in [2.24, 2.45) is 11.8 Å². The summed E-state index contributed by atoms with van der Waals surface area (Å²) in [5.74, 6) is 1.67. The first-order chi connectivity index (χ1) is 6.20. The summed E-state index contributed by atoms with van der Waals surface area (Å²) in [7, 11) is 0. The van der Waals surface area contributed by atoms with Crippen LogP contribution in [0.25, 0.3) is 0 Å². The molecule has 2 heteroatoms. The Hall–Kier alpha value is -0.0800. The van der Waals surface area contributed by atoms with Crippen LogP contribution in [0.5, 0.6) is 0 Å². The van der Waals surface area contributed by atoms with Crippen LogP contribution in [0.3, 0.4) is 0 Å². The average Bonchev–Trinajstić information content (AvgIpc) is 2.15. The van der Waals surface area contributed by atoms with Gasteiger partial charge in [-0.2, -0.15) is 0 Å². The zero-order chi connectivity index (χ0) is 9.68. The first kappa shape index (κ1) is 11.0. The fourth-order valence-electron chi connectivity index (χ4n) is 1.54. The van der Waals surface area contributed by atoms with Gasteiger partial charge in [-0.05, 0) is 24.8 Å². The van der Waals surface area contributed by atoms with Gasteiger partial charge in [-0.1, -0.05) is 20.8 Å². The summed E-state index contributed by atoms with van der Waals surface area (Å²) in [6, 6.07) is 0. The molecule has 1 rings (SSSR count). The Kier molecular flexibility index (Phi) is 4.74. The quantitative estimate of drug-likeness (QED) is 0.664. The molecule has 0 aromatic carbocycles. The van der Waals surface area contributed by atoms with E-state index in [1.54, 1.807) is 0 Å². The normalized spacial score (nSPS) is 22.2. The molecule has 1 fully saturated rings. The van der Waals surface area contributed by atoms with Crippen molar-refractivity contribution in [2.75, 3.05) is 32.8 Å². The molecule has 1 heterocycles. The molecule has 0 aliphatic carbocycles. The van der Waals surface area contributed by atoms with Crippen LogP contribution >= 0.6 is 0 Å². The minimum atomic E-state index is 0.820. The maximum absolute atomic E-state index is 5.31. The Morgan fingerprint density at radius 3 is 2.31 bits per heavy atom. The summed E-state index contributed by atoms with van der Waals surface area (Å²) >= 11 is 0. The van der Waals surface area contributed by atoms with Gasteiger partial charge in [0, 0.05) is 13.1 Å². The SMILES string of the molecule is CC(C)[C@H](C)CCN1CCOCC1. The summed E-state index contributed by atoms with van der Waals surface area (Å²) in [5, 5.41) is 0. The summed E-state index contributed by atoms with van der Waals surface area (Å²) in [6.07, 6.45) is 1.33. The number of morpholine rings is 1. The molecule has 2 nitrogen and oxygen atoms in total. The second-order valence-electron chi connectivity index (χ2n) is 4.46. The molecule has 0 aromatic rings. The Labute approximate surface area is 82.3 Å². The molecule has 0 bridgehead atoms. The molecular weight excluding hydrogens is 162 g/mol. The predicted molar refractivity (Wildman–Crippen MR) is 55.9 cm³/mol. The third-order valence-electron chi connectivity index (χ3n) is 3.14. The standard InChI is InChI=1S/C11H23NO/c1-10(2)11(3)4-5-12-6-8-13-9-7-12/h10-11H,4-9H2,1-3H3/t11-/m1/s1. The fraction of sp³-hybridized carbons (Fsp3) is 1.00. The molecular formula is C11H23NO. The van der Waals surface area contributed by atoms with Gasteiger partial charge < -0.3 is 4.74 Å². The van der Waals surface area contributed by atoms with Crippen molar-refractivity contribution < 1.29 is 4.74 Å². The van der Waals surface area contributed by atoms with Gasteiger partial charge in [0.1, 0.15) is 0 Å². The van der Waals surface area contributed by atoms with Crippen molar-refractivity contribution in [1.29, 1.82) is 0 Å². The molecule has 0 spiro atoms. The lowest BCUT2D eigenvalue weighted by Gasteiger charge is -2.28. The summed E-state index contributed by atoms with van der Waals surface area (Å²) in [5.41, 5.74) is 0. The Bertz CT molecular complexity index is 130. The highest BCUT2D eigenvalue weighted by Gasteiger charge is 2.12. The van der Waals surface area contributed by atoms with Gasteiger partial charge in [0.15, 0.2) is 0 Å². The number of nitrogens with zero attached hydrogens (tertiary/aromatic N) is 1. The first-order valence-electron chi connectivity index (χ1n) is 5.50. The highest BCUT2D eigenvalue weighted by molar-refractivity contribution is 4.65. The van der Waals surface area contributed by atoms with Crippen LogP contribution in [0, 0.1) is 11.8 Å². The van der Waals surface area contributed by atoms with E-state index in [0.717, 1.165) is 38.1 Å². The van der Waals surface area contributed by atoms with E-state index in [9.17, 15) is 0 Å². The van der Waals surface area contributed by atoms with E-state index in [2.05, 4.69) is 25.7 Å². The third-order valence-corrected chi connectivity index (χ3v) is 3.14.